The topological polar surface area (TPSA) is 69.4 Å². The van der Waals surface area contributed by atoms with Crippen LogP contribution in [0.5, 0.6) is 0 Å². The fourth-order valence-corrected chi connectivity index (χ4v) is 4.93. The molecule has 2 N–H and O–H groups in total. The molecule has 0 aromatic heterocycles. The van der Waals surface area contributed by atoms with Crippen molar-refractivity contribution in [2.75, 3.05) is 47.1 Å². The van der Waals surface area contributed by atoms with E-state index < -0.39 is 8.60 Å². The van der Waals surface area contributed by atoms with E-state index in [9.17, 15) is 9.69 Å². The highest BCUT2D eigenvalue weighted by molar-refractivity contribution is 7.40. The number of ketones is 1. The quantitative estimate of drug-likeness (QED) is 0.0831. The van der Waals surface area contributed by atoms with Crippen molar-refractivity contribution in [1.29, 1.82) is 0 Å². The second-order valence-corrected chi connectivity index (χ2v) is 11.7. The van der Waals surface area contributed by atoms with Crippen LogP contribution in [0.4, 0.5) is 0 Å². The molecule has 0 aromatic rings. The highest BCUT2D eigenvalue weighted by atomic mass is 31.2. The molecule has 36 heavy (non-hydrogen) atoms. The minimum Gasteiger partial charge on any atom is -0.381 e. The first-order chi connectivity index (χ1) is 17.5. The van der Waals surface area contributed by atoms with Crippen molar-refractivity contribution in [1.82, 2.24) is 0 Å². The molecule has 0 bridgehead atoms. The number of nitrogens with one attached hydrogen (secondary N) is 1. The van der Waals surface area contributed by atoms with Crippen LogP contribution in [-0.4, -0.2) is 57.7 Å². The number of Topliss-reactive ketones (excluding diaryl/α,β-unsaturated/α-hetero) is 1. The Labute approximate surface area is 225 Å². The third kappa shape index (κ3) is 26.9. The van der Waals surface area contributed by atoms with E-state index in [1.54, 1.807) is 0 Å². The lowest BCUT2D eigenvalue weighted by molar-refractivity contribution is -0.858. The second kappa shape index (κ2) is 27.9. The maximum absolute atomic E-state index is 11.9. The Morgan fingerprint density at radius 3 is 1.75 bits per heavy atom. The second-order valence-electron chi connectivity index (χ2n) is 10.7. The Morgan fingerprint density at radius 2 is 1.25 bits per heavy atom. The van der Waals surface area contributed by atoms with Crippen LogP contribution < -0.4 is 4.90 Å². The summed E-state index contributed by atoms with van der Waals surface area (Å²) < 4.78 is 16.7. The molecule has 216 valence electrons. The fourth-order valence-electron chi connectivity index (χ4n) is 4.23. The van der Waals surface area contributed by atoms with Gasteiger partial charge in [0.25, 0.3) is 0 Å². The predicted molar refractivity (Wildman–Crippen MR) is 152 cm³/mol. The minimum absolute atomic E-state index is 0.0271. The number of rotatable bonds is 29. The average Bonchev–Trinajstić information content (AvgIpc) is 2.86. The van der Waals surface area contributed by atoms with E-state index in [1.807, 2.05) is 6.92 Å². The van der Waals surface area contributed by atoms with Crippen LogP contribution >= 0.6 is 8.60 Å². The first-order valence-electron chi connectivity index (χ1n) is 15.1. The molecule has 0 heterocycles. The largest absolute Gasteiger partial charge is 0.381 e. The van der Waals surface area contributed by atoms with Gasteiger partial charge in [-0.2, -0.15) is 0 Å². The van der Waals surface area contributed by atoms with Gasteiger partial charge in [0.1, 0.15) is 5.78 Å². The molecule has 0 amide bonds. The molecule has 2 atom stereocenters. The van der Waals surface area contributed by atoms with Crippen LogP contribution in [0.25, 0.3) is 0 Å². The lowest BCUT2D eigenvalue weighted by atomic mass is 10.0. The van der Waals surface area contributed by atoms with Crippen molar-refractivity contribution in [3.63, 3.8) is 0 Å². The molecule has 2 unspecified atom stereocenters. The standard InChI is InChI=1S/C29H60NO5P/c1-5-7-8-9-10-11-12-13-14-15-16-17-18-19-20-23-33-26-28(25-29(31)6-2)27-35-36(32)34-24-21-22-30(3)4/h28,32H,5-27H2,1-4H3/p+1. The Balaban J connectivity index is 3.67. The van der Waals surface area contributed by atoms with Crippen LogP contribution in [0.15, 0.2) is 0 Å². The predicted octanol–water partition coefficient (Wildman–Crippen LogP) is 6.65. The van der Waals surface area contributed by atoms with Gasteiger partial charge in [0.05, 0.1) is 40.5 Å². The van der Waals surface area contributed by atoms with E-state index >= 15 is 0 Å². The average molecular weight is 535 g/mol. The lowest BCUT2D eigenvalue weighted by Crippen LogP contribution is -3.05. The molecule has 0 rings (SSSR count). The van der Waals surface area contributed by atoms with Gasteiger partial charge in [-0.3, -0.25) is 4.79 Å². The first kappa shape index (κ1) is 35.9. The third-order valence-electron chi connectivity index (χ3n) is 6.60. The minimum atomic E-state index is -1.89. The van der Waals surface area contributed by atoms with Crippen molar-refractivity contribution in [2.24, 2.45) is 5.92 Å². The molecule has 0 aliphatic carbocycles. The maximum atomic E-state index is 11.9. The molecule has 7 heteroatoms. The van der Waals surface area contributed by atoms with Gasteiger partial charge in [-0.25, -0.2) is 0 Å². The van der Waals surface area contributed by atoms with E-state index in [0.29, 0.717) is 32.7 Å². The number of hydrogen-bond acceptors (Lipinski definition) is 5. The summed E-state index contributed by atoms with van der Waals surface area (Å²) in [4.78, 5) is 23.2. The van der Waals surface area contributed by atoms with Gasteiger partial charge >= 0.3 is 8.60 Å². The smallest absolute Gasteiger partial charge is 0.329 e. The zero-order valence-corrected chi connectivity index (χ0v) is 25.3. The SMILES string of the molecule is CCCCCCCCCCCCCCCCCOCC(COP(O)OCCC[NH+](C)C)CC(=O)CC. The number of ether oxygens (including phenoxy) is 1. The summed E-state index contributed by atoms with van der Waals surface area (Å²) in [6.07, 6.45) is 22.1. The van der Waals surface area contributed by atoms with Gasteiger partial charge in [-0.15, -0.1) is 0 Å². The van der Waals surface area contributed by atoms with Gasteiger partial charge in [0.15, 0.2) is 0 Å². The van der Waals surface area contributed by atoms with Gasteiger partial charge in [-0.1, -0.05) is 104 Å². The molecule has 0 fully saturated rings. The number of unbranched alkanes of at least 4 members (excludes halogenated alkanes) is 14. The molecule has 0 saturated carbocycles. The summed E-state index contributed by atoms with van der Waals surface area (Å²) in [5.41, 5.74) is 0. The van der Waals surface area contributed by atoms with Crippen LogP contribution in [-0.2, 0) is 18.6 Å². The van der Waals surface area contributed by atoms with Crippen LogP contribution in [0.1, 0.15) is 129 Å². The summed E-state index contributed by atoms with van der Waals surface area (Å²) in [5.74, 6) is 0.178. The first-order valence-corrected chi connectivity index (χ1v) is 16.3. The molecule has 0 spiro atoms. The fraction of sp³-hybridized carbons (Fsp3) is 0.966. The molecule has 0 radical (unpaired) electrons. The molecular formula is C29H61NO5P+. The molecule has 0 aromatic carbocycles. The highest BCUT2D eigenvalue weighted by Gasteiger charge is 2.17. The maximum Gasteiger partial charge on any atom is 0.329 e. The van der Waals surface area contributed by atoms with Crippen LogP contribution in [0.3, 0.4) is 0 Å². The van der Waals surface area contributed by atoms with Crippen molar-refractivity contribution in [3.8, 4) is 0 Å². The zero-order valence-electron chi connectivity index (χ0n) is 24.4. The van der Waals surface area contributed by atoms with Crippen LogP contribution in [0.2, 0.25) is 0 Å². The van der Waals surface area contributed by atoms with Gasteiger partial charge in [0, 0.05) is 31.8 Å². The summed E-state index contributed by atoms with van der Waals surface area (Å²) in [7, 11) is 2.29. The number of hydrogen-bond donors (Lipinski definition) is 2. The molecule has 6 nitrogen and oxygen atoms in total. The monoisotopic (exact) mass is 534 g/mol. The van der Waals surface area contributed by atoms with E-state index in [2.05, 4.69) is 21.0 Å². The Bertz CT molecular complexity index is 467. The molecule has 0 aliphatic rings. The Morgan fingerprint density at radius 1 is 0.722 bits per heavy atom. The number of carbonyl (C=O) groups is 1. The van der Waals surface area contributed by atoms with Gasteiger partial charge in [0.2, 0.25) is 0 Å². The molecular weight excluding hydrogens is 473 g/mol. The lowest BCUT2D eigenvalue weighted by Gasteiger charge is -2.18. The molecule has 0 saturated heterocycles. The number of carbonyl (C=O) groups excluding carboxylic acids is 1. The zero-order chi connectivity index (χ0) is 26.7. The van der Waals surface area contributed by atoms with E-state index in [4.69, 9.17) is 13.8 Å². The summed E-state index contributed by atoms with van der Waals surface area (Å²) >= 11 is 0. The van der Waals surface area contributed by atoms with E-state index in [-0.39, 0.29) is 11.7 Å². The number of quaternary nitrogens is 1. The highest BCUT2D eigenvalue weighted by Crippen LogP contribution is 2.33. The normalized spacial score (nSPS) is 13.4. The summed E-state index contributed by atoms with van der Waals surface area (Å²) in [6, 6.07) is 0. The van der Waals surface area contributed by atoms with Crippen molar-refractivity contribution >= 4 is 14.4 Å². The van der Waals surface area contributed by atoms with Crippen molar-refractivity contribution < 1.29 is 28.4 Å². The van der Waals surface area contributed by atoms with Gasteiger partial charge in [-0.05, 0) is 6.42 Å². The van der Waals surface area contributed by atoms with E-state index in [0.717, 1.165) is 26.0 Å². The summed E-state index contributed by atoms with van der Waals surface area (Å²) in [6.45, 7) is 7.16. The van der Waals surface area contributed by atoms with Crippen LogP contribution in [0, 0.1) is 5.92 Å². The van der Waals surface area contributed by atoms with Crippen molar-refractivity contribution in [3.05, 3.63) is 0 Å². The molecule has 0 aliphatic heterocycles. The Kier molecular flexibility index (Phi) is 27.8. The van der Waals surface area contributed by atoms with E-state index in [1.165, 1.54) is 94.8 Å². The Hall–Kier alpha value is -0.100. The third-order valence-corrected chi connectivity index (χ3v) is 7.37. The van der Waals surface area contributed by atoms with Crippen molar-refractivity contribution in [2.45, 2.75) is 129 Å². The summed E-state index contributed by atoms with van der Waals surface area (Å²) in [5, 5.41) is 0. The van der Waals surface area contributed by atoms with Gasteiger partial charge < -0.3 is 23.6 Å².